The molecule has 0 saturated carbocycles. The Morgan fingerprint density at radius 1 is 1.14 bits per heavy atom. The van der Waals surface area contributed by atoms with Gasteiger partial charge < -0.3 is 24.3 Å². The fourth-order valence-corrected chi connectivity index (χ4v) is 2.67. The zero-order valence-corrected chi connectivity index (χ0v) is 13.5. The van der Waals surface area contributed by atoms with E-state index in [1.54, 1.807) is 18.9 Å². The van der Waals surface area contributed by atoms with E-state index in [1.807, 2.05) is 0 Å². The van der Waals surface area contributed by atoms with E-state index in [1.165, 1.54) is 10.5 Å². The molecule has 0 bridgehead atoms. The van der Waals surface area contributed by atoms with Crippen LogP contribution in [-0.4, -0.2) is 52.9 Å². The molecule has 118 valence electrons. The molecule has 0 unspecified atom stereocenters. The number of benzene rings is 1. The molecule has 1 N–H and O–H groups in total. The zero-order chi connectivity index (χ0) is 14.9. The molecule has 1 aromatic rings. The number of nitrogens with one attached hydrogen (secondary N) is 1. The number of hydrogen-bond donors (Lipinski definition) is 1. The lowest BCUT2D eigenvalue weighted by molar-refractivity contribution is 0.0719. The molecule has 6 heteroatoms. The van der Waals surface area contributed by atoms with Gasteiger partial charge in [-0.3, -0.25) is 0 Å². The molecule has 1 aromatic carbocycles. The van der Waals surface area contributed by atoms with Gasteiger partial charge in [-0.15, -0.1) is 11.8 Å². The maximum absolute atomic E-state index is 5.63. The lowest BCUT2D eigenvalue weighted by Gasteiger charge is -2.21. The van der Waals surface area contributed by atoms with Crippen molar-refractivity contribution >= 4 is 11.8 Å². The van der Waals surface area contributed by atoms with Gasteiger partial charge in [-0.05, 0) is 24.0 Å². The molecule has 1 heterocycles. The minimum atomic E-state index is 0.617. The first-order valence-electron chi connectivity index (χ1n) is 7.09. The molecule has 0 amide bonds. The highest BCUT2D eigenvalue weighted by Gasteiger charge is 2.15. The highest BCUT2D eigenvalue weighted by atomic mass is 32.2. The van der Waals surface area contributed by atoms with Crippen LogP contribution in [0.25, 0.3) is 0 Å². The van der Waals surface area contributed by atoms with Crippen molar-refractivity contribution in [1.29, 1.82) is 0 Å². The number of hydrogen-bond acceptors (Lipinski definition) is 6. The summed E-state index contributed by atoms with van der Waals surface area (Å²) in [5.74, 6) is 1.68. The van der Waals surface area contributed by atoms with E-state index >= 15 is 0 Å². The Hall–Kier alpha value is -0.950. The third-order valence-corrected chi connectivity index (χ3v) is 3.94. The Morgan fingerprint density at radius 2 is 1.90 bits per heavy atom. The van der Waals surface area contributed by atoms with E-state index in [-0.39, 0.29) is 0 Å². The molecule has 5 nitrogen and oxygen atoms in total. The van der Waals surface area contributed by atoms with Crippen LogP contribution in [0.1, 0.15) is 5.56 Å². The molecule has 0 spiro atoms. The Labute approximate surface area is 130 Å². The molecule has 0 aliphatic carbocycles. The van der Waals surface area contributed by atoms with Gasteiger partial charge in [0.15, 0.2) is 11.5 Å². The first-order valence-corrected chi connectivity index (χ1v) is 8.31. The van der Waals surface area contributed by atoms with Crippen LogP contribution in [-0.2, 0) is 16.0 Å². The molecule has 1 aliphatic heterocycles. The summed E-state index contributed by atoms with van der Waals surface area (Å²) >= 11 is 1.72. The fourth-order valence-electron chi connectivity index (χ4n) is 2.05. The Kier molecular flexibility index (Phi) is 7.15. The standard InChI is InChI=1S/C15H23NO4S/c1-17-5-6-18-4-3-16-11-12-9-13-14(10-15(12)21-2)20-8-7-19-13/h9-10,16H,3-8,11H2,1-2H3. The van der Waals surface area contributed by atoms with Gasteiger partial charge in [0.1, 0.15) is 13.2 Å². The summed E-state index contributed by atoms with van der Waals surface area (Å²) in [5.41, 5.74) is 1.23. The summed E-state index contributed by atoms with van der Waals surface area (Å²) in [6, 6.07) is 4.13. The number of fused-ring (bicyclic) bond motifs is 1. The molecule has 0 fully saturated rings. The first-order chi connectivity index (χ1) is 10.3. The van der Waals surface area contributed by atoms with Crippen molar-refractivity contribution in [2.24, 2.45) is 0 Å². The number of thioether (sulfide) groups is 1. The van der Waals surface area contributed by atoms with Gasteiger partial charge in [-0.1, -0.05) is 0 Å². The molecule has 2 rings (SSSR count). The van der Waals surface area contributed by atoms with E-state index in [9.17, 15) is 0 Å². The fraction of sp³-hybridized carbons (Fsp3) is 0.600. The quantitative estimate of drug-likeness (QED) is 0.555. The number of methoxy groups -OCH3 is 1. The van der Waals surface area contributed by atoms with Crippen LogP contribution >= 0.6 is 11.8 Å². The lowest BCUT2D eigenvalue weighted by atomic mass is 10.2. The smallest absolute Gasteiger partial charge is 0.162 e. The van der Waals surface area contributed by atoms with Gasteiger partial charge in [0.05, 0.1) is 19.8 Å². The molecule has 0 saturated heterocycles. The second-order valence-corrected chi connectivity index (χ2v) is 5.44. The molecule has 1 aliphatic rings. The van der Waals surface area contributed by atoms with Gasteiger partial charge in [0.25, 0.3) is 0 Å². The molecular formula is C15H23NO4S. The summed E-state index contributed by atoms with van der Waals surface area (Å²) in [6.45, 7) is 4.80. The van der Waals surface area contributed by atoms with E-state index in [4.69, 9.17) is 18.9 Å². The van der Waals surface area contributed by atoms with Crippen LogP contribution in [0.2, 0.25) is 0 Å². The van der Waals surface area contributed by atoms with Crippen molar-refractivity contribution in [2.75, 3.05) is 52.9 Å². The van der Waals surface area contributed by atoms with Crippen LogP contribution in [0.5, 0.6) is 11.5 Å². The van der Waals surface area contributed by atoms with Crippen molar-refractivity contribution < 1.29 is 18.9 Å². The van der Waals surface area contributed by atoms with Gasteiger partial charge >= 0.3 is 0 Å². The van der Waals surface area contributed by atoms with Gasteiger partial charge in [0.2, 0.25) is 0 Å². The van der Waals surface area contributed by atoms with Crippen LogP contribution in [0, 0.1) is 0 Å². The van der Waals surface area contributed by atoms with E-state index in [0.29, 0.717) is 33.0 Å². The first kappa shape index (κ1) is 16.4. The number of rotatable bonds is 9. The highest BCUT2D eigenvalue weighted by Crippen LogP contribution is 2.36. The number of ether oxygens (including phenoxy) is 4. The Bertz CT molecular complexity index is 442. The van der Waals surface area contributed by atoms with Crippen molar-refractivity contribution in [3.05, 3.63) is 17.7 Å². The lowest BCUT2D eigenvalue weighted by Crippen LogP contribution is -2.21. The molecule has 21 heavy (non-hydrogen) atoms. The van der Waals surface area contributed by atoms with Crippen LogP contribution < -0.4 is 14.8 Å². The topological polar surface area (TPSA) is 49.0 Å². The Balaban J connectivity index is 1.81. The third-order valence-electron chi connectivity index (χ3n) is 3.12. The second-order valence-electron chi connectivity index (χ2n) is 4.59. The minimum absolute atomic E-state index is 0.617. The van der Waals surface area contributed by atoms with Gasteiger partial charge in [0, 0.05) is 25.1 Å². The van der Waals surface area contributed by atoms with Crippen molar-refractivity contribution in [1.82, 2.24) is 5.32 Å². The van der Waals surface area contributed by atoms with E-state index in [2.05, 4.69) is 23.7 Å². The predicted molar refractivity (Wildman–Crippen MR) is 83.6 cm³/mol. The summed E-state index contributed by atoms with van der Waals surface area (Å²) in [7, 11) is 1.67. The van der Waals surface area contributed by atoms with Gasteiger partial charge in [-0.25, -0.2) is 0 Å². The summed E-state index contributed by atoms with van der Waals surface area (Å²) in [4.78, 5) is 1.21. The zero-order valence-electron chi connectivity index (χ0n) is 12.6. The summed E-state index contributed by atoms with van der Waals surface area (Å²) in [5, 5.41) is 3.38. The van der Waals surface area contributed by atoms with Crippen molar-refractivity contribution in [2.45, 2.75) is 11.4 Å². The van der Waals surface area contributed by atoms with Crippen molar-refractivity contribution in [3.63, 3.8) is 0 Å². The predicted octanol–water partition coefficient (Wildman–Crippen LogP) is 1.93. The van der Waals surface area contributed by atoms with Crippen LogP contribution in [0.15, 0.2) is 17.0 Å². The van der Waals surface area contributed by atoms with Crippen LogP contribution in [0.4, 0.5) is 0 Å². The average molecular weight is 313 g/mol. The Morgan fingerprint density at radius 3 is 2.62 bits per heavy atom. The normalized spacial score (nSPS) is 13.4. The maximum atomic E-state index is 5.63. The SMILES string of the molecule is COCCOCCNCc1cc2c(cc1SC)OCCO2. The second kappa shape index (κ2) is 9.15. The molecule has 0 radical (unpaired) electrons. The van der Waals surface area contributed by atoms with Gasteiger partial charge in [-0.2, -0.15) is 0 Å². The molecule has 0 aromatic heterocycles. The average Bonchev–Trinajstić information content (AvgIpc) is 2.53. The minimum Gasteiger partial charge on any atom is -0.486 e. The third kappa shape index (κ3) is 5.07. The van der Waals surface area contributed by atoms with Crippen LogP contribution in [0.3, 0.4) is 0 Å². The van der Waals surface area contributed by atoms with Crippen molar-refractivity contribution in [3.8, 4) is 11.5 Å². The maximum Gasteiger partial charge on any atom is 0.162 e. The van der Waals surface area contributed by atoms with E-state index in [0.717, 1.165) is 24.6 Å². The summed E-state index contributed by atoms with van der Waals surface area (Å²) in [6.07, 6.45) is 2.07. The highest BCUT2D eigenvalue weighted by molar-refractivity contribution is 7.98. The summed E-state index contributed by atoms with van der Waals surface area (Å²) < 4.78 is 21.6. The largest absolute Gasteiger partial charge is 0.486 e. The monoisotopic (exact) mass is 313 g/mol. The van der Waals surface area contributed by atoms with E-state index < -0.39 is 0 Å². The molecule has 0 atom stereocenters. The molecular weight excluding hydrogens is 290 g/mol.